The van der Waals surface area contributed by atoms with E-state index in [9.17, 15) is 9.59 Å². The summed E-state index contributed by atoms with van der Waals surface area (Å²) in [5, 5.41) is 1.88. The first-order chi connectivity index (χ1) is 11.6. The van der Waals surface area contributed by atoms with E-state index in [1.165, 1.54) is 0 Å². The summed E-state index contributed by atoms with van der Waals surface area (Å²) in [7, 11) is 1.58. The van der Waals surface area contributed by atoms with Crippen LogP contribution in [0.15, 0.2) is 23.1 Å². The first-order valence-electron chi connectivity index (χ1n) is 7.85. The Hall–Kier alpha value is -1.99. The molecule has 7 heteroatoms. The van der Waals surface area contributed by atoms with Crippen molar-refractivity contribution in [2.24, 2.45) is 0 Å². The molecule has 0 saturated carbocycles. The van der Waals surface area contributed by atoms with E-state index in [1.807, 2.05) is 12.1 Å². The van der Waals surface area contributed by atoms with Crippen LogP contribution in [0.5, 0.6) is 11.5 Å². The van der Waals surface area contributed by atoms with Gasteiger partial charge in [-0.2, -0.15) is 0 Å². The Bertz CT molecular complexity index is 641. The van der Waals surface area contributed by atoms with Gasteiger partial charge in [-0.05, 0) is 49.1 Å². The summed E-state index contributed by atoms with van der Waals surface area (Å²) < 4.78 is 11.1. The maximum absolute atomic E-state index is 11.7. The SMILES string of the molecule is CCN(CC)CCOc1ccc(OC)cc1/C=C1/SC(=O)NC1=O. The van der Waals surface area contributed by atoms with Crippen molar-refractivity contribution in [2.75, 3.05) is 33.4 Å². The van der Waals surface area contributed by atoms with E-state index in [1.54, 1.807) is 19.3 Å². The van der Waals surface area contributed by atoms with Gasteiger partial charge in [0.2, 0.25) is 0 Å². The highest BCUT2D eigenvalue weighted by molar-refractivity contribution is 8.18. The number of ether oxygens (including phenoxy) is 2. The minimum absolute atomic E-state index is 0.349. The molecule has 1 N–H and O–H groups in total. The summed E-state index contributed by atoms with van der Waals surface area (Å²) in [6.07, 6.45) is 1.65. The quantitative estimate of drug-likeness (QED) is 0.727. The van der Waals surface area contributed by atoms with E-state index in [2.05, 4.69) is 24.1 Å². The second-order valence-corrected chi connectivity index (χ2v) is 6.15. The largest absolute Gasteiger partial charge is 0.497 e. The summed E-state index contributed by atoms with van der Waals surface area (Å²) in [5.74, 6) is 0.929. The van der Waals surface area contributed by atoms with Crippen molar-refractivity contribution in [3.05, 3.63) is 28.7 Å². The van der Waals surface area contributed by atoms with Crippen molar-refractivity contribution in [1.82, 2.24) is 10.2 Å². The fourth-order valence-corrected chi connectivity index (χ4v) is 2.96. The zero-order valence-electron chi connectivity index (χ0n) is 14.1. The van der Waals surface area contributed by atoms with Gasteiger partial charge in [-0.15, -0.1) is 0 Å². The number of amides is 2. The number of nitrogens with zero attached hydrogens (tertiary/aromatic N) is 1. The minimum atomic E-state index is -0.387. The van der Waals surface area contributed by atoms with Crippen molar-refractivity contribution >= 4 is 29.0 Å². The average molecular weight is 350 g/mol. The fourth-order valence-electron chi connectivity index (χ4n) is 2.28. The fraction of sp³-hybridized carbons (Fsp3) is 0.412. The van der Waals surface area contributed by atoms with Crippen molar-refractivity contribution in [3.63, 3.8) is 0 Å². The Balaban J connectivity index is 2.17. The second kappa shape index (κ2) is 8.75. The lowest BCUT2D eigenvalue weighted by Gasteiger charge is -2.18. The van der Waals surface area contributed by atoms with Crippen molar-refractivity contribution < 1.29 is 19.1 Å². The normalized spacial score (nSPS) is 15.9. The van der Waals surface area contributed by atoms with Gasteiger partial charge in [-0.3, -0.25) is 14.9 Å². The third kappa shape index (κ3) is 4.75. The molecule has 1 aromatic carbocycles. The number of hydrogen-bond donors (Lipinski definition) is 1. The number of benzene rings is 1. The Morgan fingerprint density at radius 2 is 2.00 bits per heavy atom. The van der Waals surface area contributed by atoms with Gasteiger partial charge in [0.15, 0.2) is 0 Å². The Labute approximate surface area is 146 Å². The second-order valence-electron chi connectivity index (χ2n) is 5.13. The molecule has 6 nitrogen and oxygen atoms in total. The molecule has 1 saturated heterocycles. The lowest BCUT2D eigenvalue weighted by molar-refractivity contribution is -0.115. The number of methoxy groups -OCH3 is 1. The predicted octanol–water partition coefficient (Wildman–Crippen LogP) is 2.74. The van der Waals surface area contributed by atoms with E-state index in [0.717, 1.165) is 31.4 Å². The zero-order valence-corrected chi connectivity index (χ0v) is 14.9. The van der Waals surface area contributed by atoms with Crippen LogP contribution in [-0.4, -0.2) is 49.4 Å². The number of rotatable bonds is 8. The molecule has 1 fully saturated rings. The molecular formula is C17H22N2O4S. The van der Waals surface area contributed by atoms with Gasteiger partial charge < -0.3 is 14.4 Å². The van der Waals surface area contributed by atoms with Gasteiger partial charge >= 0.3 is 0 Å². The molecule has 130 valence electrons. The molecule has 0 bridgehead atoms. The van der Waals surface area contributed by atoms with Gasteiger partial charge in [-0.25, -0.2) is 0 Å². The molecular weight excluding hydrogens is 328 g/mol. The Morgan fingerprint density at radius 3 is 2.58 bits per heavy atom. The first kappa shape index (κ1) is 18.4. The molecule has 0 radical (unpaired) electrons. The third-order valence-corrected chi connectivity index (χ3v) is 4.52. The monoisotopic (exact) mass is 350 g/mol. The van der Waals surface area contributed by atoms with E-state index >= 15 is 0 Å². The molecule has 24 heavy (non-hydrogen) atoms. The van der Waals surface area contributed by atoms with Crippen LogP contribution in [0, 0.1) is 0 Å². The highest BCUT2D eigenvalue weighted by atomic mass is 32.2. The highest BCUT2D eigenvalue weighted by Gasteiger charge is 2.25. The molecule has 1 aliphatic heterocycles. The Kier molecular flexibility index (Phi) is 6.69. The number of likely N-dealkylation sites (N-methyl/N-ethyl adjacent to an activating group) is 1. The summed E-state index contributed by atoms with van der Waals surface area (Å²) in [4.78, 5) is 25.7. The van der Waals surface area contributed by atoms with Crippen LogP contribution in [0.1, 0.15) is 19.4 Å². The van der Waals surface area contributed by atoms with Crippen LogP contribution in [0.4, 0.5) is 4.79 Å². The third-order valence-electron chi connectivity index (χ3n) is 3.71. The smallest absolute Gasteiger partial charge is 0.290 e. The van der Waals surface area contributed by atoms with E-state index in [0.29, 0.717) is 28.6 Å². The van der Waals surface area contributed by atoms with Gasteiger partial charge in [0, 0.05) is 12.1 Å². The molecule has 1 aromatic rings. The number of imide groups is 1. The van der Waals surface area contributed by atoms with Crippen molar-refractivity contribution in [1.29, 1.82) is 0 Å². The maximum atomic E-state index is 11.7. The lowest BCUT2D eigenvalue weighted by atomic mass is 10.1. The molecule has 0 spiro atoms. The maximum Gasteiger partial charge on any atom is 0.290 e. The number of carbonyl (C=O) groups is 2. The van der Waals surface area contributed by atoms with Crippen LogP contribution in [0.2, 0.25) is 0 Å². The molecule has 2 rings (SSSR count). The van der Waals surface area contributed by atoms with Gasteiger partial charge in [0.25, 0.3) is 11.1 Å². The molecule has 1 heterocycles. The summed E-state index contributed by atoms with van der Waals surface area (Å²) in [5.41, 5.74) is 0.709. The molecule has 0 aliphatic carbocycles. The van der Waals surface area contributed by atoms with Crippen LogP contribution < -0.4 is 14.8 Å². The number of hydrogen-bond acceptors (Lipinski definition) is 6. The van der Waals surface area contributed by atoms with Crippen LogP contribution in [0.3, 0.4) is 0 Å². The topological polar surface area (TPSA) is 67.9 Å². The predicted molar refractivity (Wildman–Crippen MR) is 95.4 cm³/mol. The Morgan fingerprint density at radius 1 is 1.25 bits per heavy atom. The van der Waals surface area contributed by atoms with Crippen molar-refractivity contribution in [3.8, 4) is 11.5 Å². The van der Waals surface area contributed by atoms with E-state index in [-0.39, 0.29) is 11.1 Å². The van der Waals surface area contributed by atoms with Crippen LogP contribution in [-0.2, 0) is 4.79 Å². The van der Waals surface area contributed by atoms with E-state index in [4.69, 9.17) is 9.47 Å². The van der Waals surface area contributed by atoms with Gasteiger partial charge in [0.05, 0.1) is 12.0 Å². The molecule has 2 amide bonds. The number of nitrogens with one attached hydrogen (secondary N) is 1. The van der Waals surface area contributed by atoms with E-state index < -0.39 is 0 Å². The summed E-state index contributed by atoms with van der Waals surface area (Å²) in [6, 6.07) is 5.41. The molecule has 1 aliphatic rings. The van der Waals surface area contributed by atoms with Crippen LogP contribution in [0.25, 0.3) is 6.08 Å². The number of thioether (sulfide) groups is 1. The van der Waals surface area contributed by atoms with Crippen molar-refractivity contribution in [2.45, 2.75) is 13.8 Å². The lowest BCUT2D eigenvalue weighted by Crippen LogP contribution is -2.28. The molecule has 0 atom stereocenters. The zero-order chi connectivity index (χ0) is 17.5. The number of carbonyl (C=O) groups excluding carboxylic acids is 2. The van der Waals surface area contributed by atoms with Gasteiger partial charge in [-0.1, -0.05) is 13.8 Å². The molecule has 0 unspecified atom stereocenters. The van der Waals surface area contributed by atoms with Crippen LogP contribution >= 0.6 is 11.8 Å². The molecule has 0 aromatic heterocycles. The summed E-state index contributed by atoms with van der Waals surface area (Å²) >= 11 is 0.884. The average Bonchev–Trinajstić information content (AvgIpc) is 2.90. The minimum Gasteiger partial charge on any atom is -0.497 e. The summed E-state index contributed by atoms with van der Waals surface area (Å²) in [6.45, 7) is 7.53. The first-order valence-corrected chi connectivity index (χ1v) is 8.67. The highest BCUT2D eigenvalue weighted by Crippen LogP contribution is 2.31. The standard InChI is InChI=1S/C17H22N2O4S/c1-4-19(5-2)8-9-23-14-7-6-13(22-3)10-12(14)11-15-16(20)18-17(21)24-15/h6-7,10-11H,4-5,8-9H2,1-3H3,(H,18,20,21)/b15-11+. The van der Waals surface area contributed by atoms with Gasteiger partial charge in [0.1, 0.15) is 18.1 Å².